The minimum atomic E-state index is -0.422. The van der Waals surface area contributed by atoms with Gasteiger partial charge in [0.05, 0.1) is 5.69 Å². The van der Waals surface area contributed by atoms with Crippen LogP contribution in [-0.2, 0) is 11.2 Å². The van der Waals surface area contributed by atoms with Gasteiger partial charge in [0.1, 0.15) is 5.75 Å². The molecule has 1 aliphatic rings. The monoisotopic (exact) mass is 249 g/mol. The van der Waals surface area contributed by atoms with Crippen molar-refractivity contribution in [3.05, 3.63) is 23.8 Å². The maximum atomic E-state index is 11.5. The maximum absolute atomic E-state index is 11.5. The van der Waals surface area contributed by atoms with Gasteiger partial charge in [0.15, 0.2) is 6.10 Å². The summed E-state index contributed by atoms with van der Waals surface area (Å²) in [5.74, 6) is 0.640. The molecule has 18 heavy (non-hydrogen) atoms. The first kappa shape index (κ1) is 12.9. The topological polar surface area (TPSA) is 76.4 Å². The number of hydrogen-bond donors (Lipinski definition) is 3. The Kier molecular flexibility index (Phi) is 4.17. The van der Waals surface area contributed by atoms with E-state index in [0.717, 1.165) is 36.5 Å². The minimum Gasteiger partial charge on any atom is -0.479 e. The summed E-state index contributed by atoms with van der Waals surface area (Å²) in [5.41, 5.74) is 7.32. The molecule has 5 heteroatoms. The van der Waals surface area contributed by atoms with Gasteiger partial charge in [-0.15, -0.1) is 0 Å². The van der Waals surface area contributed by atoms with Crippen molar-refractivity contribution in [3.8, 4) is 5.75 Å². The van der Waals surface area contributed by atoms with Crippen LogP contribution in [0.3, 0.4) is 0 Å². The molecular weight excluding hydrogens is 230 g/mol. The van der Waals surface area contributed by atoms with Gasteiger partial charge in [0, 0.05) is 13.1 Å². The summed E-state index contributed by atoms with van der Waals surface area (Å²) in [4.78, 5) is 11.5. The zero-order chi connectivity index (χ0) is 13.0. The Hall–Kier alpha value is -1.59. The van der Waals surface area contributed by atoms with E-state index >= 15 is 0 Å². The maximum Gasteiger partial charge on any atom is 0.265 e. The van der Waals surface area contributed by atoms with Gasteiger partial charge in [-0.3, -0.25) is 4.79 Å². The largest absolute Gasteiger partial charge is 0.479 e. The molecule has 0 bridgehead atoms. The molecule has 0 saturated heterocycles. The first-order valence-electron chi connectivity index (χ1n) is 6.22. The predicted molar refractivity (Wildman–Crippen MR) is 70.8 cm³/mol. The van der Waals surface area contributed by atoms with Crippen molar-refractivity contribution in [2.45, 2.75) is 19.4 Å². The van der Waals surface area contributed by atoms with Crippen LogP contribution in [-0.4, -0.2) is 31.6 Å². The van der Waals surface area contributed by atoms with Crippen LogP contribution in [0, 0.1) is 0 Å². The van der Waals surface area contributed by atoms with Gasteiger partial charge in [-0.25, -0.2) is 0 Å². The number of carbonyl (C=O) groups is 1. The lowest BCUT2D eigenvalue weighted by atomic mass is 10.1. The molecule has 1 unspecified atom stereocenters. The van der Waals surface area contributed by atoms with Gasteiger partial charge in [0.25, 0.3) is 5.91 Å². The summed E-state index contributed by atoms with van der Waals surface area (Å²) in [5, 5.41) is 6.08. The van der Waals surface area contributed by atoms with E-state index in [9.17, 15) is 4.79 Å². The number of ether oxygens (including phenoxy) is 1. The van der Waals surface area contributed by atoms with E-state index < -0.39 is 6.10 Å². The van der Waals surface area contributed by atoms with Crippen molar-refractivity contribution in [2.24, 2.45) is 5.73 Å². The third kappa shape index (κ3) is 3.00. The summed E-state index contributed by atoms with van der Waals surface area (Å²) in [6, 6.07) is 5.89. The second kappa shape index (κ2) is 5.84. The predicted octanol–water partition coefficient (Wildman–Crippen LogP) is 0.497. The molecule has 0 radical (unpaired) electrons. The van der Waals surface area contributed by atoms with Crippen LogP contribution in [0.25, 0.3) is 0 Å². The average molecular weight is 249 g/mol. The van der Waals surface area contributed by atoms with Crippen LogP contribution < -0.4 is 21.1 Å². The van der Waals surface area contributed by atoms with Crippen molar-refractivity contribution in [1.82, 2.24) is 5.32 Å². The number of rotatable bonds is 5. The van der Waals surface area contributed by atoms with E-state index in [0.29, 0.717) is 6.54 Å². The van der Waals surface area contributed by atoms with E-state index in [1.807, 2.05) is 18.2 Å². The SMILES string of the molecule is CC1Oc2ccc(CCNCCN)cc2NC1=O. The highest BCUT2D eigenvalue weighted by molar-refractivity contribution is 5.97. The lowest BCUT2D eigenvalue weighted by Crippen LogP contribution is -2.34. The fourth-order valence-corrected chi connectivity index (χ4v) is 1.87. The Labute approximate surface area is 107 Å². The Bertz CT molecular complexity index is 434. The molecule has 0 saturated carbocycles. The van der Waals surface area contributed by atoms with Gasteiger partial charge < -0.3 is 21.1 Å². The molecule has 0 aromatic heterocycles. The number of anilines is 1. The lowest BCUT2D eigenvalue weighted by Gasteiger charge is -2.23. The number of nitrogens with one attached hydrogen (secondary N) is 2. The molecule has 1 atom stereocenters. The van der Waals surface area contributed by atoms with Crippen LogP contribution in [0.4, 0.5) is 5.69 Å². The molecule has 0 fully saturated rings. The molecule has 4 N–H and O–H groups in total. The average Bonchev–Trinajstić information content (AvgIpc) is 2.36. The molecular formula is C13H19N3O2. The van der Waals surface area contributed by atoms with E-state index in [-0.39, 0.29) is 5.91 Å². The number of benzene rings is 1. The second-order valence-corrected chi connectivity index (χ2v) is 4.37. The van der Waals surface area contributed by atoms with Crippen LogP contribution in [0.5, 0.6) is 5.75 Å². The third-order valence-electron chi connectivity index (χ3n) is 2.89. The second-order valence-electron chi connectivity index (χ2n) is 4.37. The van der Waals surface area contributed by atoms with E-state index in [2.05, 4.69) is 10.6 Å². The van der Waals surface area contributed by atoms with Gasteiger partial charge in [-0.2, -0.15) is 0 Å². The highest BCUT2D eigenvalue weighted by Gasteiger charge is 2.23. The molecule has 5 nitrogen and oxygen atoms in total. The number of hydrogen-bond acceptors (Lipinski definition) is 4. The van der Waals surface area contributed by atoms with Crippen molar-refractivity contribution >= 4 is 11.6 Å². The zero-order valence-electron chi connectivity index (χ0n) is 10.5. The number of nitrogens with two attached hydrogens (primary N) is 1. The summed E-state index contributed by atoms with van der Waals surface area (Å²) >= 11 is 0. The van der Waals surface area contributed by atoms with Crippen LogP contribution in [0.1, 0.15) is 12.5 Å². The summed E-state index contributed by atoms with van der Waals surface area (Å²) in [6.45, 7) is 4.08. The molecule has 1 amide bonds. The highest BCUT2D eigenvalue weighted by Crippen LogP contribution is 2.30. The summed E-state index contributed by atoms with van der Waals surface area (Å²) < 4.78 is 5.50. The molecule has 1 aromatic carbocycles. The summed E-state index contributed by atoms with van der Waals surface area (Å²) in [6.07, 6.45) is 0.480. The van der Waals surface area contributed by atoms with E-state index in [4.69, 9.17) is 10.5 Å². The van der Waals surface area contributed by atoms with Crippen molar-refractivity contribution < 1.29 is 9.53 Å². The lowest BCUT2D eigenvalue weighted by molar-refractivity contribution is -0.122. The Balaban J connectivity index is 1.99. The fourth-order valence-electron chi connectivity index (χ4n) is 1.87. The quantitative estimate of drug-likeness (QED) is 0.664. The van der Waals surface area contributed by atoms with E-state index in [1.54, 1.807) is 6.92 Å². The number of amides is 1. The smallest absolute Gasteiger partial charge is 0.265 e. The highest BCUT2D eigenvalue weighted by atomic mass is 16.5. The molecule has 1 heterocycles. The molecule has 0 aliphatic carbocycles. The van der Waals surface area contributed by atoms with Crippen LogP contribution in [0.15, 0.2) is 18.2 Å². The normalized spacial score (nSPS) is 17.9. The van der Waals surface area contributed by atoms with Crippen molar-refractivity contribution in [3.63, 3.8) is 0 Å². The van der Waals surface area contributed by atoms with Crippen LogP contribution in [0.2, 0.25) is 0 Å². The molecule has 1 aromatic rings. The zero-order valence-corrected chi connectivity index (χ0v) is 10.5. The first-order valence-corrected chi connectivity index (χ1v) is 6.22. The third-order valence-corrected chi connectivity index (χ3v) is 2.89. The van der Waals surface area contributed by atoms with Gasteiger partial charge in [-0.1, -0.05) is 6.07 Å². The molecule has 0 spiro atoms. The standard InChI is InChI=1S/C13H19N3O2/c1-9-13(17)16-11-8-10(2-3-12(11)18-9)4-6-15-7-5-14/h2-3,8-9,15H,4-7,14H2,1H3,(H,16,17). The Morgan fingerprint density at radius 2 is 2.28 bits per heavy atom. The Morgan fingerprint density at radius 1 is 1.44 bits per heavy atom. The van der Waals surface area contributed by atoms with E-state index in [1.165, 1.54) is 0 Å². The van der Waals surface area contributed by atoms with Crippen LogP contribution >= 0.6 is 0 Å². The van der Waals surface area contributed by atoms with Gasteiger partial charge in [-0.05, 0) is 37.6 Å². The Morgan fingerprint density at radius 3 is 3.06 bits per heavy atom. The molecule has 1 aliphatic heterocycles. The number of carbonyl (C=O) groups excluding carboxylic acids is 1. The van der Waals surface area contributed by atoms with Gasteiger partial charge >= 0.3 is 0 Å². The molecule has 2 rings (SSSR count). The number of fused-ring (bicyclic) bond motifs is 1. The van der Waals surface area contributed by atoms with Crippen molar-refractivity contribution in [1.29, 1.82) is 0 Å². The van der Waals surface area contributed by atoms with Gasteiger partial charge in [0.2, 0.25) is 0 Å². The minimum absolute atomic E-state index is 0.0964. The summed E-state index contributed by atoms with van der Waals surface area (Å²) in [7, 11) is 0. The molecule has 98 valence electrons. The fraction of sp³-hybridized carbons (Fsp3) is 0.462. The van der Waals surface area contributed by atoms with Crippen molar-refractivity contribution in [2.75, 3.05) is 25.0 Å². The first-order chi connectivity index (χ1) is 8.70.